The van der Waals surface area contributed by atoms with Gasteiger partial charge in [0, 0.05) is 18.5 Å². The van der Waals surface area contributed by atoms with Crippen molar-refractivity contribution in [3.63, 3.8) is 0 Å². The topological polar surface area (TPSA) is 79.0 Å². The minimum atomic E-state index is -0.0920. The summed E-state index contributed by atoms with van der Waals surface area (Å²) in [5.41, 5.74) is 6.98. The predicted molar refractivity (Wildman–Crippen MR) is 59.3 cm³/mol. The highest BCUT2D eigenvalue weighted by molar-refractivity contribution is 5.94. The normalized spacial score (nSPS) is 9.67. The fourth-order valence-corrected chi connectivity index (χ4v) is 1.09. The van der Waals surface area contributed by atoms with Crippen molar-refractivity contribution < 1.29 is 4.79 Å². The second-order valence-electron chi connectivity index (χ2n) is 3.12. The molecule has 79 valence electrons. The molecular formula is C11H14N3O. The highest BCUT2D eigenvalue weighted by atomic mass is 16.1. The van der Waals surface area contributed by atoms with Crippen LogP contribution in [0.5, 0.6) is 0 Å². The Morgan fingerprint density at radius 3 is 2.53 bits per heavy atom. The van der Waals surface area contributed by atoms with Crippen LogP contribution >= 0.6 is 0 Å². The number of hydrogen-bond acceptors (Lipinski definition) is 2. The molecule has 0 aliphatic heterocycles. The van der Waals surface area contributed by atoms with Gasteiger partial charge in [0.15, 0.2) is 0 Å². The van der Waals surface area contributed by atoms with Gasteiger partial charge in [-0.15, -0.1) is 0 Å². The molecule has 1 radical (unpaired) electrons. The summed E-state index contributed by atoms with van der Waals surface area (Å²) in [4.78, 5) is 10.9. The molecule has 0 heterocycles. The molecule has 0 atom stereocenters. The second kappa shape index (κ2) is 5.14. The fourth-order valence-electron chi connectivity index (χ4n) is 1.09. The summed E-state index contributed by atoms with van der Waals surface area (Å²) in [5, 5.41) is 9.93. The van der Waals surface area contributed by atoms with Crippen molar-refractivity contribution >= 4 is 11.7 Å². The van der Waals surface area contributed by atoms with Crippen LogP contribution in [0.25, 0.3) is 0 Å². The molecular weight excluding hydrogens is 190 g/mol. The molecule has 0 unspecified atom stereocenters. The van der Waals surface area contributed by atoms with Gasteiger partial charge in [-0.1, -0.05) is 31.2 Å². The van der Waals surface area contributed by atoms with E-state index < -0.39 is 0 Å². The summed E-state index contributed by atoms with van der Waals surface area (Å²) in [6.45, 7) is 2.18. The summed E-state index contributed by atoms with van der Waals surface area (Å²) in [6.07, 6.45) is 1.48. The fraction of sp³-hybridized carbons (Fsp3) is 0.182. The van der Waals surface area contributed by atoms with Crippen molar-refractivity contribution in [2.75, 3.05) is 0 Å². The SMILES string of the molecule is C[CH]C(=O)NCc1ccc(C(=N)N)cc1. The maximum absolute atomic E-state index is 10.9. The molecule has 4 N–H and O–H groups in total. The van der Waals surface area contributed by atoms with Crippen molar-refractivity contribution in [2.45, 2.75) is 13.5 Å². The zero-order valence-corrected chi connectivity index (χ0v) is 8.58. The lowest BCUT2D eigenvalue weighted by Crippen LogP contribution is -2.21. The number of nitrogens with one attached hydrogen (secondary N) is 2. The first kappa shape index (κ1) is 11.2. The first-order valence-corrected chi connectivity index (χ1v) is 4.64. The molecule has 0 aromatic heterocycles. The molecule has 0 aliphatic carbocycles. The monoisotopic (exact) mass is 204 g/mol. The smallest absolute Gasteiger partial charge is 0.223 e. The Kier molecular flexibility index (Phi) is 3.85. The van der Waals surface area contributed by atoms with Crippen LogP contribution < -0.4 is 11.1 Å². The molecule has 15 heavy (non-hydrogen) atoms. The number of hydrogen-bond donors (Lipinski definition) is 3. The van der Waals surface area contributed by atoms with Gasteiger partial charge in [0.1, 0.15) is 5.84 Å². The van der Waals surface area contributed by atoms with Gasteiger partial charge in [-0.05, 0) is 5.56 Å². The zero-order valence-electron chi connectivity index (χ0n) is 8.58. The van der Waals surface area contributed by atoms with Crippen LogP contribution in [-0.2, 0) is 11.3 Å². The van der Waals surface area contributed by atoms with E-state index in [1.54, 1.807) is 19.1 Å². The third-order valence-corrected chi connectivity index (χ3v) is 1.99. The lowest BCUT2D eigenvalue weighted by Gasteiger charge is -2.04. The van der Waals surface area contributed by atoms with Crippen LogP contribution in [0.1, 0.15) is 18.1 Å². The van der Waals surface area contributed by atoms with Gasteiger partial charge in [0.05, 0.1) is 0 Å². The van der Waals surface area contributed by atoms with Gasteiger partial charge in [-0.25, -0.2) is 0 Å². The Hall–Kier alpha value is -1.84. The van der Waals surface area contributed by atoms with E-state index in [4.69, 9.17) is 11.1 Å². The molecule has 0 spiro atoms. The molecule has 4 nitrogen and oxygen atoms in total. The van der Waals surface area contributed by atoms with Gasteiger partial charge in [-0.3, -0.25) is 10.2 Å². The van der Waals surface area contributed by atoms with Crippen LogP contribution in [0.15, 0.2) is 24.3 Å². The van der Waals surface area contributed by atoms with Gasteiger partial charge in [-0.2, -0.15) is 0 Å². The highest BCUT2D eigenvalue weighted by Crippen LogP contribution is 2.03. The van der Waals surface area contributed by atoms with E-state index in [0.29, 0.717) is 12.1 Å². The number of nitrogen functional groups attached to an aromatic ring is 1. The molecule has 0 saturated heterocycles. The van der Waals surface area contributed by atoms with Crippen LogP contribution in [0.3, 0.4) is 0 Å². The zero-order chi connectivity index (χ0) is 11.3. The first-order chi connectivity index (χ1) is 7.13. The summed E-state index contributed by atoms with van der Waals surface area (Å²) in [5.74, 6) is -0.0434. The lowest BCUT2D eigenvalue weighted by atomic mass is 10.1. The number of rotatable bonds is 4. The Morgan fingerprint density at radius 1 is 1.47 bits per heavy atom. The summed E-state index contributed by atoms with van der Waals surface area (Å²) in [7, 11) is 0. The molecule has 0 fully saturated rings. The average molecular weight is 204 g/mol. The van der Waals surface area contributed by atoms with Gasteiger partial charge in [0.2, 0.25) is 5.91 Å². The van der Waals surface area contributed by atoms with E-state index in [2.05, 4.69) is 5.32 Å². The average Bonchev–Trinajstić information content (AvgIpc) is 2.26. The lowest BCUT2D eigenvalue weighted by molar-refractivity contribution is -0.117. The molecule has 1 amide bonds. The maximum atomic E-state index is 10.9. The van der Waals surface area contributed by atoms with Gasteiger partial charge in [0.25, 0.3) is 0 Å². The maximum Gasteiger partial charge on any atom is 0.223 e. The number of carbonyl (C=O) groups excluding carboxylic acids is 1. The molecule has 1 aromatic carbocycles. The van der Waals surface area contributed by atoms with Crippen molar-refractivity contribution in [3.8, 4) is 0 Å². The number of amidine groups is 1. The van der Waals surface area contributed by atoms with E-state index in [1.807, 2.05) is 12.1 Å². The van der Waals surface area contributed by atoms with Crippen molar-refractivity contribution in [3.05, 3.63) is 41.8 Å². The van der Waals surface area contributed by atoms with Gasteiger partial charge >= 0.3 is 0 Å². The largest absolute Gasteiger partial charge is 0.384 e. The van der Waals surface area contributed by atoms with Crippen molar-refractivity contribution in [2.24, 2.45) is 5.73 Å². The molecule has 4 heteroatoms. The minimum Gasteiger partial charge on any atom is -0.384 e. The standard InChI is InChI=1S/C11H14N3O/c1-2-10(15)14-7-8-3-5-9(6-4-8)11(12)13/h2-6H,7H2,1H3,(H3,12,13)(H,14,15). The Labute approximate surface area is 89.0 Å². The predicted octanol–water partition coefficient (Wildman–Crippen LogP) is 0.811. The minimum absolute atomic E-state index is 0.0486. The molecule has 0 saturated carbocycles. The van der Waals surface area contributed by atoms with Crippen LogP contribution in [-0.4, -0.2) is 11.7 Å². The van der Waals surface area contributed by atoms with Crippen molar-refractivity contribution in [1.29, 1.82) is 5.41 Å². The van der Waals surface area contributed by atoms with Crippen LogP contribution in [0.4, 0.5) is 0 Å². The second-order valence-corrected chi connectivity index (χ2v) is 3.12. The molecule has 0 aliphatic rings. The number of amides is 1. The number of benzene rings is 1. The Morgan fingerprint density at radius 2 is 2.07 bits per heavy atom. The van der Waals surface area contributed by atoms with Gasteiger partial charge < -0.3 is 11.1 Å². The Bertz CT molecular complexity index is 357. The van der Waals surface area contributed by atoms with Crippen LogP contribution in [0, 0.1) is 11.8 Å². The number of carbonyl (C=O) groups is 1. The summed E-state index contributed by atoms with van der Waals surface area (Å²) in [6, 6.07) is 7.21. The highest BCUT2D eigenvalue weighted by Gasteiger charge is 1.99. The van der Waals surface area contributed by atoms with E-state index in [9.17, 15) is 4.79 Å². The summed E-state index contributed by atoms with van der Waals surface area (Å²) >= 11 is 0. The van der Waals surface area contributed by atoms with E-state index >= 15 is 0 Å². The molecule has 1 rings (SSSR count). The molecule has 0 bridgehead atoms. The Balaban J connectivity index is 2.57. The van der Waals surface area contributed by atoms with Crippen LogP contribution in [0.2, 0.25) is 0 Å². The summed E-state index contributed by atoms with van der Waals surface area (Å²) < 4.78 is 0. The van der Waals surface area contributed by atoms with E-state index in [1.165, 1.54) is 6.42 Å². The first-order valence-electron chi connectivity index (χ1n) is 4.64. The quantitative estimate of drug-likeness (QED) is 0.501. The van der Waals surface area contributed by atoms with E-state index in [0.717, 1.165) is 5.56 Å². The molecule has 1 aromatic rings. The third kappa shape index (κ3) is 3.42. The van der Waals surface area contributed by atoms with E-state index in [-0.39, 0.29) is 11.7 Å². The number of nitrogens with two attached hydrogens (primary N) is 1. The van der Waals surface area contributed by atoms with Crippen molar-refractivity contribution in [1.82, 2.24) is 5.32 Å². The third-order valence-electron chi connectivity index (χ3n) is 1.99.